The van der Waals surface area contributed by atoms with Gasteiger partial charge in [-0.05, 0) is 12.3 Å². The lowest BCUT2D eigenvalue weighted by molar-refractivity contribution is -0.142. The van der Waals surface area contributed by atoms with Crippen molar-refractivity contribution in [3.63, 3.8) is 0 Å². The van der Waals surface area contributed by atoms with Crippen LogP contribution < -0.4 is 0 Å². The van der Waals surface area contributed by atoms with Crippen molar-refractivity contribution in [3.05, 3.63) is 0 Å². The Morgan fingerprint density at radius 3 is 2.27 bits per heavy atom. The van der Waals surface area contributed by atoms with E-state index >= 15 is 0 Å². The summed E-state index contributed by atoms with van der Waals surface area (Å²) in [6.07, 6.45) is 4.19. The summed E-state index contributed by atoms with van der Waals surface area (Å²) >= 11 is 16.0. The van der Waals surface area contributed by atoms with Gasteiger partial charge >= 0.3 is 5.97 Å². The Morgan fingerprint density at radius 2 is 1.80 bits per heavy atom. The molecule has 0 aromatic rings. The monoisotopic (exact) mass is 274 g/mol. The zero-order valence-electron chi connectivity index (χ0n) is 9.06. The van der Waals surface area contributed by atoms with Crippen LogP contribution in [0.2, 0.25) is 0 Å². The van der Waals surface area contributed by atoms with Gasteiger partial charge in [0, 0.05) is 0 Å². The number of ether oxygens (including phenoxy) is 1. The van der Waals surface area contributed by atoms with E-state index in [0.29, 0.717) is 12.5 Å². The highest BCUT2D eigenvalue weighted by atomic mass is 35.6. The van der Waals surface area contributed by atoms with Gasteiger partial charge in [0.2, 0.25) is 0 Å². The fourth-order valence-electron chi connectivity index (χ4n) is 1.08. The van der Waals surface area contributed by atoms with Crippen LogP contribution in [0.3, 0.4) is 0 Å². The first-order valence-electron chi connectivity index (χ1n) is 5.08. The maximum atomic E-state index is 11.0. The molecule has 0 heterocycles. The molecule has 0 aliphatic heterocycles. The first-order valence-corrected chi connectivity index (χ1v) is 6.21. The SMILES string of the molecule is CC(C)CCCCCOC(=O)C(Cl)(Cl)Cl. The Hall–Kier alpha value is 0.340. The number of esters is 1. The van der Waals surface area contributed by atoms with Crippen molar-refractivity contribution in [2.24, 2.45) is 5.92 Å². The van der Waals surface area contributed by atoms with Crippen LogP contribution in [0.5, 0.6) is 0 Å². The highest BCUT2D eigenvalue weighted by Gasteiger charge is 2.32. The molecule has 0 aromatic carbocycles. The van der Waals surface area contributed by atoms with Crippen LogP contribution in [0.15, 0.2) is 0 Å². The van der Waals surface area contributed by atoms with Gasteiger partial charge in [0.1, 0.15) is 0 Å². The predicted molar refractivity (Wildman–Crippen MR) is 64.6 cm³/mol. The highest BCUT2D eigenvalue weighted by molar-refractivity contribution is 6.75. The summed E-state index contributed by atoms with van der Waals surface area (Å²) in [5.41, 5.74) is 0. The maximum Gasteiger partial charge on any atom is 0.358 e. The zero-order chi connectivity index (χ0) is 11.9. The third-order valence-electron chi connectivity index (χ3n) is 1.89. The Kier molecular flexibility index (Phi) is 7.76. The summed E-state index contributed by atoms with van der Waals surface area (Å²) in [5, 5.41) is 0. The lowest BCUT2D eigenvalue weighted by atomic mass is 10.1. The van der Waals surface area contributed by atoms with Gasteiger partial charge in [-0.1, -0.05) is 67.9 Å². The molecule has 0 spiro atoms. The Labute approximate surface area is 106 Å². The molecule has 90 valence electrons. The minimum absolute atomic E-state index is 0.324. The average molecular weight is 276 g/mol. The molecule has 5 heteroatoms. The van der Waals surface area contributed by atoms with Crippen molar-refractivity contribution < 1.29 is 9.53 Å². The van der Waals surface area contributed by atoms with Gasteiger partial charge in [-0.3, -0.25) is 0 Å². The standard InChI is InChI=1S/C10H17Cl3O2/c1-8(2)6-4-3-5-7-15-9(14)10(11,12)13/h8H,3-7H2,1-2H3. The third-order valence-corrected chi connectivity index (χ3v) is 2.35. The molecule has 2 nitrogen and oxygen atoms in total. The molecule has 0 radical (unpaired) electrons. The van der Waals surface area contributed by atoms with Gasteiger partial charge in [-0.25, -0.2) is 4.79 Å². The number of halogens is 3. The van der Waals surface area contributed by atoms with E-state index in [2.05, 4.69) is 13.8 Å². The van der Waals surface area contributed by atoms with E-state index < -0.39 is 9.76 Å². The minimum Gasteiger partial charge on any atom is -0.463 e. The zero-order valence-corrected chi connectivity index (χ0v) is 11.3. The van der Waals surface area contributed by atoms with Gasteiger partial charge in [-0.15, -0.1) is 0 Å². The molecule has 15 heavy (non-hydrogen) atoms. The van der Waals surface area contributed by atoms with Crippen LogP contribution in [-0.2, 0) is 9.53 Å². The van der Waals surface area contributed by atoms with E-state index in [1.54, 1.807) is 0 Å². The molecule has 0 fully saturated rings. The molecule has 0 rings (SSSR count). The second kappa shape index (κ2) is 7.59. The van der Waals surface area contributed by atoms with Gasteiger partial charge in [0.15, 0.2) is 0 Å². The second-order valence-electron chi connectivity index (χ2n) is 3.88. The smallest absolute Gasteiger partial charge is 0.358 e. The topological polar surface area (TPSA) is 26.3 Å². The van der Waals surface area contributed by atoms with Crippen LogP contribution in [0, 0.1) is 5.92 Å². The van der Waals surface area contributed by atoms with Crippen molar-refractivity contribution in [2.75, 3.05) is 6.61 Å². The summed E-state index contributed by atoms with van der Waals surface area (Å²) in [4.78, 5) is 11.0. The molecule has 0 bridgehead atoms. The van der Waals surface area contributed by atoms with Crippen molar-refractivity contribution >= 4 is 40.8 Å². The van der Waals surface area contributed by atoms with Crippen LogP contribution in [-0.4, -0.2) is 16.4 Å². The van der Waals surface area contributed by atoms with Crippen molar-refractivity contribution in [3.8, 4) is 0 Å². The maximum absolute atomic E-state index is 11.0. The van der Waals surface area contributed by atoms with E-state index in [9.17, 15) is 4.79 Å². The van der Waals surface area contributed by atoms with Crippen molar-refractivity contribution in [2.45, 2.75) is 43.3 Å². The van der Waals surface area contributed by atoms with E-state index in [0.717, 1.165) is 19.3 Å². The second-order valence-corrected chi connectivity index (χ2v) is 6.16. The van der Waals surface area contributed by atoms with Gasteiger partial charge in [-0.2, -0.15) is 0 Å². The number of hydrogen-bond acceptors (Lipinski definition) is 2. The number of unbranched alkanes of at least 4 members (excludes halogenated alkanes) is 2. The molecule has 0 unspecified atom stereocenters. The fraction of sp³-hybridized carbons (Fsp3) is 0.900. The molecule has 0 aromatic heterocycles. The molecule has 0 aliphatic carbocycles. The predicted octanol–water partition coefficient (Wildman–Crippen LogP) is 4.12. The Bertz CT molecular complexity index is 188. The average Bonchev–Trinajstić information content (AvgIpc) is 2.08. The van der Waals surface area contributed by atoms with E-state index in [1.807, 2.05) is 0 Å². The summed E-state index contributed by atoms with van der Waals surface area (Å²) in [6, 6.07) is 0. The number of alkyl halides is 3. The largest absolute Gasteiger partial charge is 0.463 e. The van der Waals surface area contributed by atoms with E-state index in [-0.39, 0.29) is 0 Å². The Balaban J connectivity index is 3.36. The summed E-state index contributed by atoms with van der Waals surface area (Å²) in [7, 11) is 0. The number of carbonyl (C=O) groups is 1. The number of carbonyl (C=O) groups excluding carboxylic acids is 1. The molecular formula is C10H17Cl3O2. The normalized spacial score (nSPS) is 11.9. The molecule has 0 atom stereocenters. The van der Waals surface area contributed by atoms with Gasteiger partial charge in [0.25, 0.3) is 3.79 Å². The molecule has 0 saturated heterocycles. The lowest BCUT2D eigenvalue weighted by Crippen LogP contribution is -2.22. The molecule has 0 N–H and O–H groups in total. The summed E-state index contributed by atoms with van der Waals surface area (Å²) in [6.45, 7) is 4.69. The van der Waals surface area contributed by atoms with Crippen LogP contribution in [0.1, 0.15) is 39.5 Å². The van der Waals surface area contributed by atoms with Crippen LogP contribution in [0.25, 0.3) is 0 Å². The van der Waals surface area contributed by atoms with Crippen LogP contribution in [0.4, 0.5) is 0 Å². The number of hydrogen-bond donors (Lipinski definition) is 0. The third kappa shape index (κ3) is 9.28. The fourth-order valence-corrected chi connectivity index (χ4v) is 1.24. The van der Waals surface area contributed by atoms with E-state index in [1.165, 1.54) is 6.42 Å². The molecule has 0 aliphatic rings. The van der Waals surface area contributed by atoms with Crippen LogP contribution >= 0.6 is 34.8 Å². The van der Waals surface area contributed by atoms with Gasteiger partial charge < -0.3 is 4.74 Å². The van der Waals surface area contributed by atoms with Crippen molar-refractivity contribution in [1.29, 1.82) is 0 Å². The number of rotatable bonds is 6. The molecule has 0 amide bonds. The summed E-state index contributed by atoms with van der Waals surface area (Å²) < 4.78 is 2.83. The van der Waals surface area contributed by atoms with E-state index in [4.69, 9.17) is 39.5 Å². The molecular weight excluding hydrogens is 258 g/mol. The first-order chi connectivity index (χ1) is 6.84. The Morgan fingerprint density at radius 1 is 1.20 bits per heavy atom. The first kappa shape index (κ1) is 15.3. The lowest BCUT2D eigenvalue weighted by Gasteiger charge is -2.10. The van der Waals surface area contributed by atoms with Crippen molar-refractivity contribution in [1.82, 2.24) is 0 Å². The van der Waals surface area contributed by atoms with Gasteiger partial charge in [0.05, 0.1) is 6.61 Å². The molecule has 0 saturated carbocycles. The quantitative estimate of drug-likeness (QED) is 0.414. The minimum atomic E-state index is -1.95. The summed E-state index contributed by atoms with van der Waals surface area (Å²) in [5.74, 6) is -0.0786. The highest BCUT2D eigenvalue weighted by Crippen LogP contribution is 2.27.